The normalized spacial score (nSPS) is 10.5. The summed E-state index contributed by atoms with van der Waals surface area (Å²) in [6, 6.07) is 8.57. The third kappa shape index (κ3) is 2.98. The van der Waals surface area contributed by atoms with Gasteiger partial charge in [-0.2, -0.15) is 0 Å². The molecule has 0 bridgehead atoms. The first-order valence-corrected chi connectivity index (χ1v) is 6.35. The molecule has 0 aliphatic heterocycles. The first kappa shape index (κ1) is 12.4. The van der Waals surface area contributed by atoms with Crippen molar-refractivity contribution in [3.8, 4) is 0 Å². The van der Waals surface area contributed by atoms with Gasteiger partial charge >= 0.3 is 0 Å². The fraction of sp³-hybridized carbons (Fsp3) is 0. The minimum atomic E-state index is -0.458. The lowest BCUT2D eigenvalue weighted by Gasteiger charge is -2.06. The van der Waals surface area contributed by atoms with E-state index in [1.807, 2.05) is 0 Å². The maximum absolute atomic E-state index is 13.4. The molecule has 0 aliphatic rings. The molecule has 17 heavy (non-hydrogen) atoms. The predicted molar refractivity (Wildman–Crippen MR) is 69.0 cm³/mol. The zero-order valence-corrected chi connectivity index (χ0v) is 11.0. The van der Waals surface area contributed by atoms with E-state index >= 15 is 0 Å². The van der Waals surface area contributed by atoms with E-state index in [1.54, 1.807) is 18.2 Å². The summed E-state index contributed by atoms with van der Waals surface area (Å²) in [5, 5.41) is 0. The zero-order valence-electron chi connectivity index (χ0n) is 8.58. The summed E-state index contributed by atoms with van der Waals surface area (Å²) in [6.07, 6.45) is 0. The Morgan fingerprint density at radius 3 is 2.47 bits per heavy atom. The van der Waals surface area contributed by atoms with Crippen LogP contribution in [0.3, 0.4) is 0 Å². The fourth-order valence-corrected chi connectivity index (χ4v) is 2.78. The molecule has 0 saturated heterocycles. The number of hydrogen-bond donors (Lipinski definition) is 1. The van der Waals surface area contributed by atoms with E-state index in [0.29, 0.717) is 5.69 Å². The Kier molecular flexibility index (Phi) is 3.69. The molecule has 0 saturated carbocycles. The number of nitrogens with two attached hydrogens (primary N) is 1. The van der Waals surface area contributed by atoms with Crippen molar-refractivity contribution in [2.45, 2.75) is 9.79 Å². The molecular weight excluding hydrogens is 308 g/mol. The Hall–Kier alpha value is -1.07. The number of hydrogen-bond acceptors (Lipinski definition) is 2. The summed E-state index contributed by atoms with van der Waals surface area (Å²) in [6.45, 7) is 0. The van der Waals surface area contributed by atoms with E-state index in [9.17, 15) is 8.78 Å². The van der Waals surface area contributed by atoms with Crippen molar-refractivity contribution >= 4 is 33.4 Å². The number of benzene rings is 2. The molecule has 2 aromatic rings. The third-order valence-electron chi connectivity index (χ3n) is 2.07. The van der Waals surface area contributed by atoms with Crippen molar-refractivity contribution in [2.75, 3.05) is 5.73 Å². The second-order valence-electron chi connectivity index (χ2n) is 3.37. The monoisotopic (exact) mass is 315 g/mol. The van der Waals surface area contributed by atoms with Crippen LogP contribution in [0, 0.1) is 11.6 Å². The van der Waals surface area contributed by atoms with Gasteiger partial charge in [-0.25, -0.2) is 8.78 Å². The quantitative estimate of drug-likeness (QED) is 0.828. The van der Waals surface area contributed by atoms with Crippen LogP contribution in [0.15, 0.2) is 50.7 Å². The molecule has 0 unspecified atom stereocenters. The molecule has 1 nitrogen and oxygen atoms in total. The minimum absolute atomic E-state index is 0.246. The van der Waals surface area contributed by atoms with Crippen LogP contribution in [-0.4, -0.2) is 0 Å². The zero-order chi connectivity index (χ0) is 12.4. The van der Waals surface area contributed by atoms with Crippen LogP contribution >= 0.6 is 27.7 Å². The first-order valence-electron chi connectivity index (χ1n) is 4.74. The molecule has 0 heterocycles. The summed E-state index contributed by atoms with van der Waals surface area (Å²) < 4.78 is 27.2. The Morgan fingerprint density at radius 1 is 1.00 bits per heavy atom. The number of rotatable bonds is 2. The van der Waals surface area contributed by atoms with Gasteiger partial charge in [-0.3, -0.25) is 0 Å². The summed E-state index contributed by atoms with van der Waals surface area (Å²) in [7, 11) is 0. The van der Waals surface area contributed by atoms with E-state index in [-0.39, 0.29) is 4.90 Å². The Labute approximate surface area is 110 Å². The molecule has 2 aromatic carbocycles. The second kappa shape index (κ2) is 5.06. The summed E-state index contributed by atoms with van der Waals surface area (Å²) >= 11 is 4.48. The van der Waals surface area contributed by atoms with Crippen molar-refractivity contribution in [3.05, 3.63) is 52.5 Å². The van der Waals surface area contributed by atoms with Gasteiger partial charge in [-0.1, -0.05) is 11.8 Å². The number of halogens is 3. The molecule has 2 rings (SSSR count). The standard InChI is InChI=1S/C12H8BrF2NS/c13-9-6-8(16)2-4-11(9)17-12-5-7(14)1-3-10(12)15/h1-6H,16H2. The maximum atomic E-state index is 13.4. The SMILES string of the molecule is Nc1ccc(Sc2cc(F)ccc2F)c(Br)c1. The van der Waals surface area contributed by atoms with Crippen LogP contribution in [0.2, 0.25) is 0 Å². The van der Waals surface area contributed by atoms with Crippen LogP contribution in [0.5, 0.6) is 0 Å². The van der Waals surface area contributed by atoms with Gasteiger partial charge in [-0.15, -0.1) is 0 Å². The molecule has 88 valence electrons. The van der Waals surface area contributed by atoms with Gasteiger partial charge in [0.2, 0.25) is 0 Å². The van der Waals surface area contributed by atoms with Gasteiger partial charge in [0.15, 0.2) is 0 Å². The van der Waals surface area contributed by atoms with Crippen molar-refractivity contribution in [2.24, 2.45) is 0 Å². The average Bonchev–Trinajstić information content (AvgIpc) is 2.27. The highest BCUT2D eigenvalue weighted by atomic mass is 79.9. The molecule has 0 amide bonds. The lowest BCUT2D eigenvalue weighted by molar-refractivity contribution is 0.577. The van der Waals surface area contributed by atoms with E-state index in [2.05, 4.69) is 15.9 Å². The molecule has 0 spiro atoms. The van der Waals surface area contributed by atoms with Crippen molar-refractivity contribution in [3.63, 3.8) is 0 Å². The summed E-state index contributed by atoms with van der Waals surface area (Å²) in [4.78, 5) is 1.03. The summed E-state index contributed by atoms with van der Waals surface area (Å²) in [5.74, 6) is -0.902. The fourth-order valence-electron chi connectivity index (χ4n) is 1.27. The van der Waals surface area contributed by atoms with Crippen LogP contribution in [0.25, 0.3) is 0 Å². The molecular formula is C12H8BrF2NS. The lowest BCUT2D eigenvalue weighted by atomic mass is 10.3. The molecule has 2 N–H and O–H groups in total. The van der Waals surface area contributed by atoms with E-state index < -0.39 is 11.6 Å². The van der Waals surface area contributed by atoms with Crippen molar-refractivity contribution in [1.82, 2.24) is 0 Å². The molecule has 0 fully saturated rings. The van der Waals surface area contributed by atoms with Crippen molar-refractivity contribution < 1.29 is 8.78 Å². The van der Waals surface area contributed by atoms with Crippen LogP contribution in [0.1, 0.15) is 0 Å². The smallest absolute Gasteiger partial charge is 0.137 e. The van der Waals surface area contributed by atoms with Crippen LogP contribution < -0.4 is 5.73 Å². The largest absolute Gasteiger partial charge is 0.399 e. The van der Waals surface area contributed by atoms with E-state index in [0.717, 1.165) is 33.3 Å². The Balaban J connectivity index is 2.34. The van der Waals surface area contributed by atoms with Gasteiger partial charge in [0, 0.05) is 15.1 Å². The first-order chi connectivity index (χ1) is 8.06. The summed E-state index contributed by atoms with van der Waals surface area (Å²) in [5.41, 5.74) is 6.21. The Bertz CT molecular complexity index is 560. The third-order valence-corrected chi connectivity index (χ3v) is 4.10. The highest BCUT2D eigenvalue weighted by Gasteiger charge is 2.08. The van der Waals surface area contributed by atoms with Gasteiger partial charge in [0.1, 0.15) is 11.6 Å². The average molecular weight is 316 g/mol. The molecule has 0 radical (unpaired) electrons. The van der Waals surface area contributed by atoms with E-state index in [4.69, 9.17) is 5.73 Å². The second-order valence-corrected chi connectivity index (χ2v) is 5.30. The topological polar surface area (TPSA) is 26.0 Å². The van der Waals surface area contributed by atoms with Gasteiger partial charge in [0.25, 0.3) is 0 Å². The molecule has 0 aromatic heterocycles. The Morgan fingerprint density at radius 2 is 1.76 bits per heavy atom. The molecule has 0 atom stereocenters. The molecule has 0 aliphatic carbocycles. The van der Waals surface area contributed by atoms with Crippen molar-refractivity contribution in [1.29, 1.82) is 0 Å². The van der Waals surface area contributed by atoms with Gasteiger partial charge < -0.3 is 5.73 Å². The van der Waals surface area contributed by atoms with Gasteiger partial charge in [-0.05, 0) is 52.3 Å². The maximum Gasteiger partial charge on any atom is 0.137 e. The van der Waals surface area contributed by atoms with Crippen LogP contribution in [-0.2, 0) is 0 Å². The predicted octanol–water partition coefficient (Wildman–Crippen LogP) is 4.46. The molecule has 5 heteroatoms. The minimum Gasteiger partial charge on any atom is -0.399 e. The number of anilines is 1. The van der Waals surface area contributed by atoms with Gasteiger partial charge in [0.05, 0.1) is 4.90 Å². The van der Waals surface area contributed by atoms with E-state index in [1.165, 1.54) is 6.07 Å². The van der Waals surface area contributed by atoms with Crippen LogP contribution in [0.4, 0.5) is 14.5 Å². The highest BCUT2D eigenvalue weighted by Crippen LogP contribution is 2.35. The number of nitrogen functional groups attached to an aromatic ring is 1. The lowest BCUT2D eigenvalue weighted by Crippen LogP contribution is -1.87. The highest BCUT2D eigenvalue weighted by molar-refractivity contribution is 9.10.